The molecule has 30 heavy (non-hydrogen) atoms. The molecule has 8 heteroatoms. The van der Waals surface area contributed by atoms with Crippen LogP contribution in [0.5, 0.6) is 0 Å². The largest absolute Gasteiger partial charge is 0.355 e. The molecular weight excluding hydrogens is 380 g/mol. The number of fused-ring (bicyclic) bond motifs is 1. The molecule has 1 aliphatic heterocycles. The summed E-state index contributed by atoms with van der Waals surface area (Å²) in [4.78, 5) is 37.8. The summed E-state index contributed by atoms with van der Waals surface area (Å²) in [6.07, 6.45) is 6.85. The number of benzene rings is 1. The van der Waals surface area contributed by atoms with Gasteiger partial charge in [-0.3, -0.25) is 9.59 Å². The first-order valence-corrected chi connectivity index (χ1v) is 10.5. The molecule has 0 bridgehead atoms. The number of rotatable bonds is 4. The first-order chi connectivity index (χ1) is 14.5. The molecule has 1 saturated carbocycles. The summed E-state index contributed by atoms with van der Waals surface area (Å²) in [7, 11) is 3.40. The number of hydrogen-bond donors (Lipinski definition) is 2. The molecule has 2 aromatic rings. The molecule has 2 N–H and O–H groups in total. The van der Waals surface area contributed by atoms with Gasteiger partial charge >= 0.3 is 0 Å². The molecule has 4 rings (SSSR count). The predicted molar refractivity (Wildman–Crippen MR) is 118 cm³/mol. The van der Waals surface area contributed by atoms with Gasteiger partial charge in [0.1, 0.15) is 5.69 Å². The Hall–Kier alpha value is -3.16. The molecule has 0 atom stereocenters. The second kappa shape index (κ2) is 8.30. The molecule has 2 amide bonds. The van der Waals surface area contributed by atoms with Crippen LogP contribution in [-0.2, 0) is 4.79 Å². The van der Waals surface area contributed by atoms with Crippen LogP contribution in [0.25, 0.3) is 0 Å². The van der Waals surface area contributed by atoms with Crippen molar-refractivity contribution >= 4 is 35.0 Å². The Labute approximate surface area is 176 Å². The molecule has 1 aliphatic carbocycles. The summed E-state index contributed by atoms with van der Waals surface area (Å²) in [5, 5.41) is 5.93. The van der Waals surface area contributed by atoms with Gasteiger partial charge in [0.2, 0.25) is 11.9 Å². The van der Waals surface area contributed by atoms with Crippen LogP contribution in [0.15, 0.2) is 24.4 Å². The lowest BCUT2D eigenvalue weighted by Gasteiger charge is -2.30. The average molecular weight is 409 g/mol. The molecule has 1 fully saturated rings. The monoisotopic (exact) mass is 408 g/mol. The number of carbonyl (C=O) groups excluding carboxylic acids is 2. The van der Waals surface area contributed by atoms with Crippen LogP contribution >= 0.6 is 0 Å². The van der Waals surface area contributed by atoms with Crippen LogP contribution < -0.4 is 20.4 Å². The van der Waals surface area contributed by atoms with E-state index in [-0.39, 0.29) is 11.8 Å². The van der Waals surface area contributed by atoms with Crippen LogP contribution in [-0.4, -0.2) is 48.5 Å². The van der Waals surface area contributed by atoms with E-state index in [2.05, 4.69) is 20.5 Å². The lowest BCUT2D eigenvalue weighted by atomic mass is 10.1. The first-order valence-electron chi connectivity index (χ1n) is 10.5. The van der Waals surface area contributed by atoms with Crippen molar-refractivity contribution in [3.05, 3.63) is 35.5 Å². The second-order valence-electron chi connectivity index (χ2n) is 7.92. The summed E-state index contributed by atoms with van der Waals surface area (Å²) in [6.45, 7) is 2.57. The van der Waals surface area contributed by atoms with E-state index >= 15 is 0 Å². The van der Waals surface area contributed by atoms with E-state index in [1.54, 1.807) is 31.3 Å². The summed E-state index contributed by atoms with van der Waals surface area (Å²) in [6, 6.07) is 5.94. The zero-order valence-electron chi connectivity index (χ0n) is 17.7. The van der Waals surface area contributed by atoms with Crippen molar-refractivity contribution in [2.45, 2.75) is 45.1 Å². The highest BCUT2D eigenvalue weighted by molar-refractivity contribution is 5.98. The molecule has 8 nitrogen and oxygen atoms in total. The van der Waals surface area contributed by atoms with E-state index in [4.69, 9.17) is 4.98 Å². The lowest BCUT2D eigenvalue weighted by molar-refractivity contribution is -0.118. The SMILES string of the molecule is CNC(=O)c1cccc(Nc2ncc3c(n2)N(C2CCCC2)CCC(=O)N3C)c1C. The molecule has 1 aromatic heterocycles. The van der Waals surface area contributed by atoms with Crippen molar-refractivity contribution in [2.24, 2.45) is 0 Å². The normalized spacial score (nSPS) is 17.0. The van der Waals surface area contributed by atoms with E-state index in [0.717, 1.165) is 35.6 Å². The number of amides is 2. The van der Waals surface area contributed by atoms with Crippen molar-refractivity contribution in [3.8, 4) is 0 Å². The van der Waals surface area contributed by atoms with Gasteiger partial charge in [-0.2, -0.15) is 4.98 Å². The molecule has 1 aromatic carbocycles. The van der Waals surface area contributed by atoms with E-state index in [1.165, 1.54) is 12.8 Å². The average Bonchev–Trinajstić information content (AvgIpc) is 3.25. The lowest BCUT2D eigenvalue weighted by Crippen LogP contribution is -2.34. The Morgan fingerprint density at radius 2 is 2.00 bits per heavy atom. The van der Waals surface area contributed by atoms with Gasteiger partial charge < -0.3 is 20.4 Å². The third kappa shape index (κ3) is 3.69. The smallest absolute Gasteiger partial charge is 0.251 e. The Kier molecular flexibility index (Phi) is 5.57. The third-order valence-electron chi connectivity index (χ3n) is 6.14. The van der Waals surface area contributed by atoms with Crippen LogP contribution in [0, 0.1) is 6.92 Å². The Morgan fingerprint density at radius 3 is 2.73 bits per heavy atom. The maximum atomic E-state index is 12.5. The van der Waals surface area contributed by atoms with Gasteiger partial charge in [-0.25, -0.2) is 4.98 Å². The number of nitrogens with zero attached hydrogens (tertiary/aromatic N) is 4. The van der Waals surface area contributed by atoms with Crippen LogP contribution in [0.3, 0.4) is 0 Å². The molecule has 2 aliphatic rings. The number of carbonyl (C=O) groups is 2. The Balaban J connectivity index is 1.70. The summed E-state index contributed by atoms with van der Waals surface area (Å²) < 4.78 is 0. The van der Waals surface area contributed by atoms with Crippen LogP contribution in [0.4, 0.5) is 23.1 Å². The summed E-state index contributed by atoms with van der Waals surface area (Å²) in [5.74, 6) is 1.20. The standard InChI is InChI=1S/C22H28N6O2/c1-14-16(21(30)23-2)9-6-10-17(14)25-22-24-13-18-20(26-22)28(15-7-4-5-8-15)12-11-19(29)27(18)3/h6,9-10,13,15H,4-5,7-8,11-12H2,1-3H3,(H,23,30)(H,24,25,26). The van der Waals surface area contributed by atoms with Crippen molar-refractivity contribution in [1.82, 2.24) is 15.3 Å². The summed E-state index contributed by atoms with van der Waals surface area (Å²) in [5.41, 5.74) is 2.96. The second-order valence-corrected chi connectivity index (χ2v) is 7.92. The van der Waals surface area contributed by atoms with E-state index in [9.17, 15) is 9.59 Å². The maximum absolute atomic E-state index is 12.5. The molecule has 0 saturated heterocycles. The number of anilines is 4. The van der Waals surface area contributed by atoms with Gasteiger partial charge in [0.25, 0.3) is 5.91 Å². The number of nitrogens with one attached hydrogen (secondary N) is 2. The van der Waals surface area contributed by atoms with Crippen LogP contribution in [0.2, 0.25) is 0 Å². The molecular formula is C22H28N6O2. The Bertz CT molecular complexity index is 970. The van der Waals surface area contributed by atoms with Gasteiger partial charge in [-0.1, -0.05) is 18.9 Å². The minimum absolute atomic E-state index is 0.0789. The van der Waals surface area contributed by atoms with Crippen molar-refractivity contribution < 1.29 is 9.59 Å². The molecule has 0 spiro atoms. The molecule has 158 valence electrons. The highest BCUT2D eigenvalue weighted by Crippen LogP contribution is 2.36. The van der Waals surface area contributed by atoms with Gasteiger partial charge in [0.05, 0.1) is 6.20 Å². The fraction of sp³-hybridized carbons (Fsp3) is 0.455. The molecule has 0 radical (unpaired) electrons. The maximum Gasteiger partial charge on any atom is 0.251 e. The summed E-state index contributed by atoms with van der Waals surface area (Å²) >= 11 is 0. The fourth-order valence-electron chi connectivity index (χ4n) is 4.34. The first kappa shape index (κ1) is 20.1. The van der Waals surface area contributed by atoms with Crippen LogP contribution in [0.1, 0.15) is 48.0 Å². The minimum Gasteiger partial charge on any atom is -0.355 e. The highest BCUT2D eigenvalue weighted by atomic mass is 16.2. The van der Waals surface area contributed by atoms with E-state index < -0.39 is 0 Å². The van der Waals surface area contributed by atoms with Gasteiger partial charge in [-0.05, 0) is 37.5 Å². The van der Waals surface area contributed by atoms with Crippen molar-refractivity contribution in [2.75, 3.05) is 35.8 Å². The fourth-order valence-corrected chi connectivity index (χ4v) is 4.34. The quantitative estimate of drug-likeness (QED) is 0.808. The van der Waals surface area contributed by atoms with Crippen molar-refractivity contribution in [3.63, 3.8) is 0 Å². The molecule has 2 heterocycles. The number of aromatic nitrogens is 2. The van der Waals surface area contributed by atoms with Crippen molar-refractivity contribution in [1.29, 1.82) is 0 Å². The molecule has 0 unspecified atom stereocenters. The zero-order valence-corrected chi connectivity index (χ0v) is 17.7. The zero-order chi connectivity index (χ0) is 21.3. The highest BCUT2D eigenvalue weighted by Gasteiger charge is 2.31. The van der Waals surface area contributed by atoms with Gasteiger partial charge in [0, 0.05) is 44.4 Å². The Morgan fingerprint density at radius 1 is 1.23 bits per heavy atom. The third-order valence-corrected chi connectivity index (χ3v) is 6.14. The minimum atomic E-state index is -0.133. The predicted octanol–water partition coefficient (Wildman–Crippen LogP) is 3.00. The van der Waals surface area contributed by atoms with Gasteiger partial charge in [-0.15, -0.1) is 0 Å². The van der Waals surface area contributed by atoms with Gasteiger partial charge in [0.15, 0.2) is 5.82 Å². The number of hydrogen-bond acceptors (Lipinski definition) is 6. The van der Waals surface area contributed by atoms with E-state index in [0.29, 0.717) is 30.5 Å². The van der Waals surface area contributed by atoms with E-state index in [1.807, 2.05) is 19.1 Å². The topological polar surface area (TPSA) is 90.5 Å².